The number of carbonyl (C=O) groups is 1. The van der Waals surface area contributed by atoms with Gasteiger partial charge in [-0.05, 0) is 32.0 Å². The summed E-state index contributed by atoms with van der Waals surface area (Å²) < 4.78 is 74.2. The van der Waals surface area contributed by atoms with Crippen molar-refractivity contribution >= 4 is 11.6 Å². The highest BCUT2D eigenvalue weighted by molar-refractivity contribution is 6.05. The molecule has 10 heteroatoms. The van der Waals surface area contributed by atoms with E-state index in [1.54, 1.807) is 18.2 Å². The smallest absolute Gasteiger partial charge is 0.255 e. The number of ether oxygens (including phenoxy) is 1. The standard InChI is InChI=1S/C20H16F5N3O2/c1-9-19(26-20(29)11-5-4-6-12(7-11)30-3)10(2)28(27-9)8-13-14(21)16(23)18(25)17(24)15(13)22/h4-7H,8H2,1-3H3,(H,26,29). The SMILES string of the molecule is COc1cccc(C(=O)Nc2c(C)nn(Cc3c(F)c(F)c(F)c(F)c3F)c2C)c1. The molecule has 0 aliphatic carbocycles. The first-order valence-electron chi connectivity index (χ1n) is 8.65. The third-order valence-corrected chi connectivity index (χ3v) is 4.56. The lowest BCUT2D eigenvalue weighted by atomic mass is 10.1. The fraction of sp³-hybridized carbons (Fsp3) is 0.200. The van der Waals surface area contributed by atoms with Crippen LogP contribution in [0.25, 0.3) is 0 Å². The Labute approximate surface area is 168 Å². The Morgan fingerprint density at radius 3 is 2.23 bits per heavy atom. The number of halogens is 5. The van der Waals surface area contributed by atoms with Gasteiger partial charge in [0.25, 0.3) is 5.91 Å². The van der Waals surface area contributed by atoms with Crippen LogP contribution in [0.15, 0.2) is 24.3 Å². The lowest BCUT2D eigenvalue weighted by molar-refractivity contribution is 0.102. The second-order valence-corrected chi connectivity index (χ2v) is 6.44. The number of aryl methyl sites for hydroxylation is 1. The van der Waals surface area contributed by atoms with Crippen LogP contribution in [-0.4, -0.2) is 22.8 Å². The lowest BCUT2D eigenvalue weighted by Crippen LogP contribution is -2.14. The summed E-state index contributed by atoms with van der Waals surface area (Å²) >= 11 is 0. The predicted octanol–water partition coefficient (Wildman–Crippen LogP) is 4.50. The number of nitrogens with one attached hydrogen (secondary N) is 1. The van der Waals surface area contributed by atoms with Crippen LogP contribution < -0.4 is 10.1 Å². The highest BCUT2D eigenvalue weighted by atomic mass is 19.2. The van der Waals surface area contributed by atoms with Gasteiger partial charge in [0.15, 0.2) is 23.3 Å². The molecule has 1 amide bonds. The number of hydrogen-bond acceptors (Lipinski definition) is 3. The van der Waals surface area contributed by atoms with Crippen molar-refractivity contribution in [3.05, 3.63) is 75.9 Å². The Morgan fingerprint density at radius 2 is 1.63 bits per heavy atom. The monoisotopic (exact) mass is 425 g/mol. The largest absolute Gasteiger partial charge is 0.497 e. The zero-order valence-electron chi connectivity index (χ0n) is 16.1. The van der Waals surface area contributed by atoms with Crippen molar-refractivity contribution in [1.29, 1.82) is 0 Å². The first kappa shape index (κ1) is 21.3. The van der Waals surface area contributed by atoms with Gasteiger partial charge in [0.2, 0.25) is 5.82 Å². The van der Waals surface area contributed by atoms with E-state index in [1.165, 1.54) is 27.0 Å². The maximum absolute atomic E-state index is 14.0. The van der Waals surface area contributed by atoms with E-state index in [1.807, 2.05) is 0 Å². The van der Waals surface area contributed by atoms with E-state index in [0.29, 0.717) is 17.0 Å². The molecule has 0 unspecified atom stereocenters. The normalized spacial score (nSPS) is 10.9. The molecule has 0 fully saturated rings. The molecule has 0 spiro atoms. The zero-order chi connectivity index (χ0) is 22.2. The van der Waals surface area contributed by atoms with Crippen LogP contribution >= 0.6 is 0 Å². The van der Waals surface area contributed by atoms with Gasteiger partial charge < -0.3 is 10.1 Å². The highest BCUT2D eigenvalue weighted by Crippen LogP contribution is 2.26. The highest BCUT2D eigenvalue weighted by Gasteiger charge is 2.27. The molecule has 0 atom stereocenters. The van der Waals surface area contributed by atoms with E-state index in [-0.39, 0.29) is 11.4 Å². The molecule has 0 saturated carbocycles. The number of amides is 1. The van der Waals surface area contributed by atoms with Crippen molar-refractivity contribution < 1.29 is 31.5 Å². The second kappa shape index (κ2) is 8.13. The minimum absolute atomic E-state index is 0.256. The number of aromatic nitrogens is 2. The summed E-state index contributed by atoms with van der Waals surface area (Å²) in [5.74, 6) is -10.2. The molecular formula is C20H16F5N3O2. The van der Waals surface area contributed by atoms with Gasteiger partial charge >= 0.3 is 0 Å². The summed E-state index contributed by atoms with van der Waals surface area (Å²) in [4.78, 5) is 12.5. The van der Waals surface area contributed by atoms with Gasteiger partial charge in [0.1, 0.15) is 5.75 Å². The maximum atomic E-state index is 14.0. The summed E-state index contributed by atoms with van der Waals surface area (Å²) in [6.07, 6.45) is 0. The van der Waals surface area contributed by atoms with Crippen molar-refractivity contribution in [2.45, 2.75) is 20.4 Å². The topological polar surface area (TPSA) is 56.1 Å². The van der Waals surface area contributed by atoms with E-state index >= 15 is 0 Å². The van der Waals surface area contributed by atoms with E-state index < -0.39 is 47.1 Å². The molecule has 158 valence electrons. The summed E-state index contributed by atoms with van der Waals surface area (Å²) in [6.45, 7) is 2.31. The van der Waals surface area contributed by atoms with Gasteiger partial charge in [-0.2, -0.15) is 5.10 Å². The molecule has 3 rings (SSSR count). The molecule has 2 aromatic carbocycles. The Bertz CT molecular complexity index is 1110. The van der Waals surface area contributed by atoms with E-state index in [0.717, 1.165) is 4.68 Å². The third kappa shape index (κ3) is 3.72. The number of benzene rings is 2. The first-order chi connectivity index (χ1) is 14.1. The zero-order valence-corrected chi connectivity index (χ0v) is 16.1. The van der Waals surface area contributed by atoms with Crippen LogP contribution in [0.4, 0.5) is 27.6 Å². The minimum atomic E-state index is -2.23. The molecule has 30 heavy (non-hydrogen) atoms. The summed E-state index contributed by atoms with van der Waals surface area (Å²) in [7, 11) is 1.45. The average Bonchev–Trinajstić information content (AvgIpc) is 3.01. The lowest BCUT2D eigenvalue weighted by Gasteiger charge is -2.10. The fourth-order valence-corrected chi connectivity index (χ4v) is 2.92. The summed E-state index contributed by atoms with van der Waals surface area (Å²) in [6, 6.07) is 6.36. The van der Waals surface area contributed by atoms with E-state index in [4.69, 9.17) is 4.74 Å². The molecule has 0 aliphatic heterocycles. The van der Waals surface area contributed by atoms with E-state index in [9.17, 15) is 26.7 Å². The molecule has 0 bridgehead atoms. The van der Waals surface area contributed by atoms with Crippen LogP contribution in [-0.2, 0) is 6.54 Å². The van der Waals surface area contributed by atoms with Crippen molar-refractivity contribution in [1.82, 2.24) is 9.78 Å². The van der Waals surface area contributed by atoms with Crippen LogP contribution in [0.1, 0.15) is 27.3 Å². The molecular weight excluding hydrogens is 409 g/mol. The molecule has 5 nitrogen and oxygen atoms in total. The number of nitrogens with zero attached hydrogens (tertiary/aromatic N) is 2. The van der Waals surface area contributed by atoms with Gasteiger partial charge in [-0.25, -0.2) is 22.0 Å². The van der Waals surface area contributed by atoms with Crippen LogP contribution in [0.5, 0.6) is 5.75 Å². The molecule has 3 aromatic rings. The number of hydrogen-bond donors (Lipinski definition) is 1. The molecule has 1 aromatic heterocycles. The Kier molecular flexibility index (Phi) is 5.77. The van der Waals surface area contributed by atoms with E-state index in [2.05, 4.69) is 10.4 Å². The maximum Gasteiger partial charge on any atom is 0.255 e. The molecule has 0 saturated heterocycles. The molecule has 0 radical (unpaired) electrons. The molecule has 1 heterocycles. The summed E-state index contributed by atoms with van der Waals surface area (Å²) in [5.41, 5.74) is 0.0929. The predicted molar refractivity (Wildman–Crippen MR) is 98.0 cm³/mol. The third-order valence-electron chi connectivity index (χ3n) is 4.56. The quantitative estimate of drug-likeness (QED) is 0.372. The van der Waals surface area contributed by atoms with Gasteiger partial charge in [0, 0.05) is 5.56 Å². The van der Waals surface area contributed by atoms with Crippen molar-refractivity contribution in [3.8, 4) is 5.75 Å². The van der Waals surface area contributed by atoms with Crippen LogP contribution in [0, 0.1) is 42.9 Å². The Morgan fingerprint density at radius 1 is 1.03 bits per heavy atom. The van der Waals surface area contributed by atoms with Gasteiger partial charge in [-0.15, -0.1) is 0 Å². The Hall–Kier alpha value is -3.43. The molecule has 0 aliphatic rings. The van der Waals surface area contributed by atoms with Crippen molar-refractivity contribution in [2.24, 2.45) is 0 Å². The number of carbonyl (C=O) groups excluding carboxylic acids is 1. The van der Waals surface area contributed by atoms with Gasteiger partial charge in [-0.1, -0.05) is 6.07 Å². The summed E-state index contributed by atoms with van der Waals surface area (Å²) in [5, 5.41) is 6.70. The molecule has 1 N–H and O–H groups in total. The van der Waals surface area contributed by atoms with Gasteiger partial charge in [-0.3, -0.25) is 9.48 Å². The van der Waals surface area contributed by atoms with Crippen molar-refractivity contribution in [2.75, 3.05) is 12.4 Å². The first-order valence-corrected chi connectivity index (χ1v) is 8.65. The van der Waals surface area contributed by atoms with Crippen molar-refractivity contribution in [3.63, 3.8) is 0 Å². The van der Waals surface area contributed by atoms with Crippen LogP contribution in [0.3, 0.4) is 0 Å². The number of anilines is 1. The average molecular weight is 425 g/mol. The Balaban J connectivity index is 1.93. The second-order valence-electron chi connectivity index (χ2n) is 6.44. The fourth-order valence-electron chi connectivity index (χ4n) is 2.92. The number of rotatable bonds is 5. The van der Waals surface area contributed by atoms with Crippen LogP contribution in [0.2, 0.25) is 0 Å². The minimum Gasteiger partial charge on any atom is -0.497 e. The van der Waals surface area contributed by atoms with Gasteiger partial charge in [0.05, 0.1) is 36.3 Å². The number of methoxy groups -OCH3 is 1.